The fourth-order valence-corrected chi connectivity index (χ4v) is 3.85. The molecule has 152 valence electrons. The van der Waals surface area contributed by atoms with Crippen LogP contribution < -0.4 is 14.4 Å². The molecule has 2 aromatic heterocycles. The molecule has 1 aliphatic carbocycles. The van der Waals surface area contributed by atoms with Crippen molar-refractivity contribution < 1.29 is 14.4 Å². The molecular weight excluding hydrogens is 386 g/mol. The molecule has 0 spiro atoms. The number of ether oxygens (including phenoxy) is 2. The first-order valence-corrected chi connectivity index (χ1v) is 10.1. The Labute approximate surface area is 175 Å². The maximum Gasteiger partial charge on any atom is 0.203 e. The van der Waals surface area contributed by atoms with E-state index in [2.05, 4.69) is 16.6 Å². The Bertz CT molecular complexity index is 1040. The second-order valence-corrected chi connectivity index (χ2v) is 7.78. The molecule has 0 bridgehead atoms. The smallest absolute Gasteiger partial charge is 0.203 e. The average molecular weight is 413 g/mol. The monoisotopic (exact) mass is 412 g/mol. The van der Waals surface area contributed by atoms with Gasteiger partial charge in [-0.3, -0.25) is 9.55 Å². The molecule has 1 fully saturated rings. The molecule has 0 amide bonds. The van der Waals surface area contributed by atoms with Gasteiger partial charge in [0.1, 0.15) is 18.0 Å². The van der Waals surface area contributed by atoms with Crippen molar-refractivity contribution in [3.8, 4) is 22.9 Å². The standard InChI is InChI=1S/C21H25N5O2S/c1-24(13-16-6-9-18(27-2)11-19(16)28-3)14-25-21(29)26(17-7-8-17)20(23-25)15-5-4-10-22-12-15/h4-6,9-12,17H,7-8,13-14H2,1-3H3/p+1. The summed E-state index contributed by atoms with van der Waals surface area (Å²) in [7, 11) is 5.47. The van der Waals surface area contributed by atoms with Crippen LogP contribution in [0.15, 0.2) is 42.7 Å². The predicted molar refractivity (Wildman–Crippen MR) is 113 cm³/mol. The molecule has 1 unspecified atom stereocenters. The Balaban J connectivity index is 1.58. The normalized spacial score (nSPS) is 14.6. The van der Waals surface area contributed by atoms with E-state index in [1.165, 1.54) is 4.90 Å². The second-order valence-electron chi connectivity index (χ2n) is 7.42. The van der Waals surface area contributed by atoms with Gasteiger partial charge in [-0.2, -0.15) is 4.68 Å². The molecule has 4 rings (SSSR count). The van der Waals surface area contributed by atoms with Gasteiger partial charge in [0, 0.05) is 35.6 Å². The highest BCUT2D eigenvalue weighted by molar-refractivity contribution is 7.71. The van der Waals surface area contributed by atoms with Crippen molar-refractivity contribution in [2.75, 3.05) is 21.3 Å². The summed E-state index contributed by atoms with van der Waals surface area (Å²) in [6.45, 7) is 1.45. The molecule has 3 aromatic rings. The lowest BCUT2D eigenvalue weighted by Gasteiger charge is -2.16. The van der Waals surface area contributed by atoms with Gasteiger partial charge in [0.15, 0.2) is 12.5 Å². The van der Waals surface area contributed by atoms with Gasteiger partial charge in [0.05, 0.1) is 21.3 Å². The van der Waals surface area contributed by atoms with Crippen LogP contribution in [-0.4, -0.2) is 40.6 Å². The van der Waals surface area contributed by atoms with Crippen LogP contribution in [0.25, 0.3) is 11.4 Å². The van der Waals surface area contributed by atoms with E-state index in [0.29, 0.717) is 12.7 Å². The summed E-state index contributed by atoms with van der Waals surface area (Å²) in [6, 6.07) is 10.3. The third-order valence-corrected chi connectivity index (χ3v) is 5.52. The number of quaternary nitrogens is 1. The molecule has 8 heteroatoms. The Morgan fingerprint density at radius 1 is 1.21 bits per heavy atom. The van der Waals surface area contributed by atoms with Crippen molar-refractivity contribution in [1.29, 1.82) is 0 Å². The minimum atomic E-state index is 0.452. The summed E-state index contributed by atoms with van der Waals surface area (Å²) in [4.78, 5) is 5.50. The molecular formula is C21H26N5O2S+. The summed E-state index contributed by atoms with van der Waals surface area (Å²) < 4.78 is 15.7. The van der Waals surface area contributed by atoms with Gasteiger partial charge in [-0.15, -0.1) is 5.10 Å². The number of aromatic nitrogens is 4. The van der Waals surface area contributed by atoms with E-state index in [-0.39, 0.29) is 0 Å². The molecule has 0 radical (unpaired) electrons. The first-order valence-electron chi connectivity index (χ1n) is 9.72. The molecule has 1 atom stereocenters. The van der Waals surface area contributed by atoms with Crippen molar-refractivity contribution in [1.82, 2.24) is 19.3 Å². The minimum absolute atomic E-state index is 0.452. The van der Waals surface area contributed by atoms with Gasteiger partial charge < -0.3 is 14.4 Å². The number of rotatable bonds is 8. The van der Waals surface area contributed by atoms with Crippen LogP contribution in [0.3, 0.4) is 0 Å². The zero-order chi connectivity index (χ0) is 20.4. The predicted octanol–water partition coefficient (Wildman–Crippen LogP) is 2.50. The molecule has 1 aliphatic rings. The Hall–Kier alpha value is -2.71. The van der Waals surface area contributed by atoms with E-state index in [1.807, 2.05) is 41.2 Å². The van der Waals surface area contributed by atoms with Crippen LogP contribution in [0.5, 0.6) is 11.5 Å². The number of nitrogens with one attached hydrogen (secondary N) is 1. The van der Waals surface area contributed by atoms with Crippen LogP contribution in [0, 0.1) is 4.77 Å². The van der Waals surface area contributed by atoms with E-state index in [4.69, 9.17) is 26.8 Å². The van der Waals surface area contributed by atoms with Gasteiger partial charge in [-0.05, 0) is 49.3 Å². The van der Waals surface area contributed by atoms with Gasteiger partial charge in [0.2, 0.25) is 4.77 Å². The number of nitrogens with zero attached hydrogens (tertiary/aromatic N) is 4. The molecule has 0 aliphatic heterocycles. The van der Waals surface area contributed by atoms with Crippen LogP contribution in [-0.2, 0) is 13.2 Å². The zero-order valence-corrected chi connectivity index (χ0v) is 17.8. The molecule has 7 nitrogen and oxygen atoms in total. The van der Waals surface area contributed by atoms with Crippen LogP contribution in [0.4, 0.5) is 0 Å². The number of pyridine rings is 1. The number of hydrogen-bond donors (Lipinski definition) is 1. The third-order valence-electron chi connectivity index (χ3n) is 5.11. The van der Waals surface area contributed by atoms with Crippen molar-refractivity contribution in [2.45, 2.75) is 32.1 Å². The zero-order valence-electron chi connectivity index (χ0n) is 17.0. The lowest BCUT2D eigenvalue weighted by molar-refractivity contribution is -0.917. The second kappa shape index (κ2) is 8.34. The summed E-state index contributed by atoms with van der Waals surface area (Å²) in [5, 5.41) is 4.86. The largest absolute Gasteiger partial charge is 0.497 e. The van der Waals surface area contributed by atoms with E-state index >= 15 is 0 Å². The van der Waals surface area contributed by atoms with Crippen LogP contribution >= 0.6 is 12.2 Å². The highest BCUT2D eigenvalue weighted by Gasteiger charge is 2.29. The minimum Gasteiger partial charge on any atom is -0.497 e. The molecule has 1 aromatic carbocycles. The average Bonchev–Trinajstić information content (AvgIpc) is 3.53. The molecule has 1 saturated carbocycles. The fourth-order valence-electron chi connectivity index (χ4n) is 3.51. The molecule has 29 heavy (non-hydrogen) atoms. The summed E-state index contributed by atoms with van der Waals surface area (Å²) in [5.41, 5.74) is 2.12. The maximum atomic E-state index is 5.78. The SMILES string of the molecule is COc1ccc(C[NH+](C)Cn2nc(-c3cccnc3)n(C3CC3)c2=S)c(OC)c1. The number of methoxy groups -OCH3 is 2. The Morgan fingerprint density at radius 2 is 2.03 bits per heavy atom. The van der Waals surface area contributed by atoms with Gasteiger partial charge in [-0.25, -0.2) is 0 Å². The first-order chi connectivity index (χ1) is 14.1. The van der Waals surface area contributed by atoms with Crippen molar-refractivity contribution >= 4 is 12.2 Å². The summed E-state index contributed by atoms with van der Waals surface area (Å²) in [6.07, 6.45) is 5.92. The van der Waals surface area contributed by atoms with Crippen LogP contribution in [0.1, 0.15) is 24.4 Å². The van der Waals surface area contributed by atoms with Crippen molar-refractivity contribution in [3.63, 3.8) is 0 Å². The van der Waals surface area contributed by atoms with E-state index in [1.54, 1.807) is 20.4 Å². The highest BCUT2D eigenvalue weighted by atomic mass is 32.1. The van der Waals surface area contributed by atoms with Crippen molar-refractivity contribution in [3.05, 3.63) is 53.1 Å². The van der Waals surface area contributed by atoms with E-state index < -0.39 is 0 Å². The fraction of sp³-hybridized carbons (Fsp3) is 0.381. The lowest BCUT2D eigenvalue weighted by Crippen LogP contribution is -3.07. The highest BCUT2D eigenvalue weighted by Crippen LogP contribution is 2.38. The van der Waals surface area contributed by atoms with E-state index in [9.17, 15) is 0 Å². The third kappa shape index (κ3) is 4.18. The van der Waals surface area contributed by atoms with Gasteiger partial charge in [0.25, 0.3) is 0 Å². The van der Waals surface area contributed by atoms with Gasteiger partial charge >= 0.3 is 0 Å². The maximum absolute atomic E-state index is 5.78. The topological polar surface area (TPSA) is 58.5 Å². The number of benzene rings is 1. The quantitative estimate of drug-likeness (QED) is 0.576. The summed E-state index contributed by atoms with van der Waals surface area (Å²) in [5.74, 6) is 2.52. The lowest BCUT2D eigenvalue weighted by atomic mass is 10.2. The Kier molecular flexibility index (Phi) is 5.64. The van der Waals surface area contributed by atoms with E-state index in [0.717, 1.165) is 52.6 Å². The molecule has 1 N–H and O–H groups in total. The van der Waals surface area contributed by atoms with Crippen molar-refractivity contribution in [2.24, 2.45) is 0 Å². The van der Waals surface area contributed by atoms with Gasteiger partial charge in [-0.1, -0.05) is 0 Å². The van der Waals surface area contributed by atoms with Crippen LogP contribution in [0.2, 0.25) is 0 Å². The molecule has 0 saturated heterocycles. The Morgan fingerprint density at radius 3 is 2.69 bits per heavy atom. The molecule has 2 heterocycles. The number of hydrogen-bond acceptors (Lipinski definition) is 5. The summed E-state index contributed by atoms with van der Waals surface area (Å²) >= 11 is 5.78. The first kappa shape index (κ1) is 19.6.